The summed E-state index contributed by atoms with van der Waals surface area (Å²) in [5.74, 6) is 1.04. The number of nitrogens with zero attached hydrogens (tertiary/aromatic N) is 2. The second-order valence-corrected chi connectivity index (χ2v) is 8.44. The summed E-state index contributed by atoms with van der Waals surface area (Å²) >= 11 is 0. The first-order valence-corrected chi connectivity index (χ1v) is 11.8. The van der Waals surface area contributed by atoms with Crippen LogP contribution in [0.15, 0.2) is 45.6 Å². The molecule has 34 heavy (non-hydrogen) atoms. The highest BCUT2D eigenvalue weighted by atomic mass is 16.5. The van der Waals surface area contributed by atoms with E-state index in [0.717, 1.165) is 24.2 Å². The van der Waals surface area contributed by atoms with E-state index in [1.54, 1.807) is 18.1 Å². The molecular formula is C27H32N2O5. The maximum atomic E-state index is 13.7. The molecule has 1 atom stereocenters. The molecule has 3 aromatic rings. The van der Waals surface area contributed by atoms with Gasteiger partial charge < -0.3 is 23.7 Å². The van der Waals surface area contributed by atoms with Crippen LogP contribution in [0, 0.1) is 6.92 Å². The molecule has 7 heteroatoms. The topological polar surface area (TPSA) is 72.2 Å². The lowest BCUT2D eigenvalue weighted by atomic mass is 9.97. The third kappa shape index (κ3) is 4.16. The van der Waals surface area contributed by atoms with E-state index in [-0.39, 0.29) is 17.1 Å². The van der Waals surface area contributed by atoms with Crippen LogP contribution in [0.25, 0.3) is 11.0 Å². The number of hydrogen-bond acceptors (Lipinski definition) is 6. The number of aryl methyl sites for hydroxylation is 1. The van der Waals surface area contributed by atoms with Crippen molar-refractivity contribution >= 4 is 16.9 Å². The number of ether oxygens (including phenoxy) is 2. The predicted molar refractivity (Wildman–Crippen MR) is 132 cm³/mol. The zero-order valence-electron chi connectivity index (χ0n) is 20.5. The number of methoxy groups -OCH3 is 1. The first-order chi connectivity index (χ1) is 16.4. The Morgan fingerprint density at radius 3 is 2.47 bits per heavy atom. The van der Waals surface area contributed by atoms with Gasteiger partial charge in [0, 0.05) is 13.1 Å². The molecule has 0 radical (unpaired) electrons. The minimum atomic E-state index is -0.566. The van der Waals surface area contributed by atoms with Crippen molar-refractivity contribution in [2.75, 3.05) is 39.9 Å². The van der Waals surface area contributed by atoms with Crippen molar-refractivity contribution in [1.29, 1.82) is 0 Å². The number of carbonyl (C=O) groups excluding carboxylic acids is 1. The Morgan fingerprint density at radius 1 is 1.03 bits per heavy atom. The summed E-state index contributed by atoms with van der Waals surface area (Å²) in [5, 5.41) is 0.486. The molecule has 1 aliphatic rings. The van der Waals surface area contributed by atoms with Gasteiger partial charge in [-0.05, 0) is 56.8 Å². The highest BCUT2D eigenvalue weighted by molar-refractivity contribution is 5.99. The van der Waals surface area contributed by atoms with Gasteiger partial charge >= 0.3 is 0 Å². The lowest BCUT2D eigenvalue weighted by Crippen LogP contribution is -2.37. The molecule has 0 fully saturated rings. The van der Waals surface area contributed by atoms with Crippen molar-refractivity contribution in [3.05, 3.63) is 69.1 Å². The third-order valence-electron chi connectivity index (χ3n) is 6.48. The van der Waals surface area contributed by atoms with Crippen molar-refractivity contribution in [2.24, 2.45) is 0 Å². The van der Waals surface area contributed by atoms with Crippen LogP contribution in [0.1, 0.15) is 54.1 Å². The molecule has 4 rings (SSSR count). The Kier molecular flexibility index (Phi) is 6.93. The van der Waals surface area contributed by atoms with Gasteiger partial charge in [0.25, 0.3) is 5.91 Å². The molecule has 2 heterocycles. The third-order valence-corrected chi connectivity index (χ3v) is 6.48. The molecule has 0 aliphatic carbocycles. The van der Waals surface area contributed by atoms with E-state index >= 15 is 0 Å². The Bertz CT molecular complexity index is 1260. The fourth-order valence-corrected chi connectivity index (χ4v) is 4.63. The number of fused-ring (bicyclic) bond motifs is 2. The summed E-state index contributed by atoms with van der Waals surface area (Å²) < 4.78 is 17.3. The first-order valence-electron chi connectivity index (χ1n) is 11.8. The van der Waals surface area contributed by atoms with Gasteiger partial charge in [-0.1, -0.05) is 31.5 Å². The number of carbonyl (C=O) groups is 1. The van der Waals surface area contributed by atoms with Crippen LogP contribution in [0.4, 0.5) is 0 Å². The van der Waals surface area contributed by atoms with Gasteiger partial charge in [-0.3, -0.25) is 9.59 Å². The number of amides is 1. The van der Waals surface area contributed by atoms with Gasteiger partial charge in [0.1, 0.15) is 5.58 Å². The van der Waals surface area contributed by atoms with Crippen LogP contribution in [0.2, 0.25) is 0 Å². The van der Waals surface area contributed by atoms with Crippen LogP contribution in [-0.2, 0) is 0 Å². The highest BCUT2D eigenvalue weighted by Crippen LogP contribution is 2.40. The Labute approximate surface area is 199 Å². The van der Waals surface area contributed by atoms with Gasteiger partial charge in [-0.2, -0.15) is 0 Å². The van der Waals surface area contributed by atoms with Crippen molar-refractivity contribution in [2.45, 2.75) is 33.7 Å². The molecule has 1 aliphatic heterocycles. The molecule has 0 spiro atoms. The Balaban J connectivity index is 1.89. The largest absolute Gasteiger partial charge is 0.493 e. The second-order valence-electron chi connectivity index (χ2n) is 8.44. The molecule has 0 bridgehead atoms. The summed E-state index contributed by atoms with van der Waals surface area (Å²) in [5.41, 5.74) is 2.38. The number of benzene rings is 2. The van der Waals surface area contributed by atoms with Crippen LogP contribution in [0.3, 0.4) is 0 Å². The first kappa shape index (κ1) is 23.8. The van der Waals surface area contributed by atoms with Crippen LogP contribution in [-0.4, -0.2) is 55.6 Å². The lowest BCUT2D eigenvalue weighted by Gasteiger charge is -2.28. The fourth-order valence-electron chi connectivity index (χ4n) is 4.63. The minimum absolute atomic E-state index is 0.124. The second kappa shape index (κ2) is 9.89. The van der Waals surface area contributed by atoms with E-state index in [0.29, 0.717) is 47.7 Å². The van der Waals surface area contributed by atoms with E-state index in [9.17, 15) is 9.59 Å². The molecule has 180 valence electrons. The van der Waals surface area contributed by atoms with Gasteiger partial charge in [0.15, 0.2) is 16.9 Å². The summed E-state index contributed by atoms with van der Waals surface area (Å²) in [6.45, 7) is 11.5. The minimum Gasteiger partial charge on any atom is -0.493 e. The van der Waals surface area contributed by atoms with E-state index in [4.69, 9.17) is 13.9 Å². The average Bonchev–Trinajstić information content (AvgIpc) is 3.12. The van der Waals surface area contributed by atoms with Crippen LogP contribution < -0.4 is 14.9 Å². The van der Waals surface area contributed by atoms with E-state index in [1.807, 2.05) is 44.2 Å². The van der Waals surface area contributed by atoms with Crippen molar-refractivity contribution < 1.29 is 18.7 Å². The standard InChI is InChI=1S/C27H32N2O5/c1-6-28(7-2)13-14-29-24(18-10-12-21(33-8-3)22(16-18)32-5)23-25(30)19-15-17(4)9-11-20(19)34-26(23)27(29)31/h9-12,15-16,24H,6-8,13-14H2,1-5H3/t24-/m0/s1. The smallest absolute Gasteiger partial charge is 0.290 e. The van der Waals surface area contributed by atoms with E-state index in [2.05, 4.69) is 18.7 Å². The van der Waals surface area contributed by atoms with Crippen molar-refractivity contribution in [1.82, 2.24) is 9.80 Å². The van der Waals surface area contributed by atoms with Gasteiger partial charge in [-0.15, -0.1) is 0 Å². The highest BCUT2D eigenvalue weighted by Gasteiger charge is 2.42. The monoisotopic (exact) mass is 464 g/mol. The van der Waals surface area contributed by atoms with Crippen LogP contribution >= 0.6 is 0 Å². The Morgan fingerprint density at radius 2 is 1.79 bits per heavy atom. The molecule has 2 aromatic carbocycles. The summed E-state index contributed by atoms with van der Waals surface area (Å²) in [6.07, 6.45) is 0. The van der Waals surface area contributed by atoms with Gasteiger partial charge in [0.05, 0.1) is 30.7 Å². The molecule has 7 nitrogen and oxygen atoms in total. The molecule has 1 aromatic heterocycles. The summed E-state index contributed by atoms with van der Waals surface area (Å²) in [4.78, 5) is 31.3. The molecule has 1 amide bonds. The summed E-state index contributed by atoms with van der Waals surface area (Å²) in [7, 11) is 1.58. The molecular weight excluding hydrogens is 432 g/mol. The Hall–Kier alpha value is -3.32. The zero-order chi connectivity index (χ0) is 24.4. The van der Waals surface area contributed by atoms with Gasteiger partial charge in [-0.25, -0.2) is 0 Å². The number of likely N-dealkylation sites (N-methyl/N-ethyl adjacent to an activating group) is 1. The SMILES string of the molecule is CCOc1ccc([C@H]2c3c(oc4ccc(C)cc4c3=O)C(=O)N2CCN(CC)CC)cc1OC. The van der Waals surface area contributed by atoms with Crippen molar-refractivity contribution in [3.8, 4) is 11.5 Å². The van der Waals surface area contributed by atoms with Crippen molar-refractivity contribution in [3.63, 3.8) is 0 Å². The van der Waals surface area contributed by atoms with Crippen LogP contribution in [0.5, 0.6) is 11.5 Å². The quantitative estimate of drug-likeness (QED) is 0.468. The number of rotatable bonds is 9. The molecule has 0 N–H and O–H groups in total. The lowest BCUT2D eigenvalue weighted by molar-refractivity contribution is 0.0708. The zero-order valence-corrected chi connectivity index (χ0v) is 20.5. The average molecular weight is 465 g/mol. The van der Waals surface area contributed by atoms with Gasteiger partial charge in [0.2, 0.25) is 5.76 Å². The molecule has 0 unspecified atom stereocenters. The maximum absolute atomic E-state index is 13.7. The molecule has 0 saturated carbocycles. The normalized spacial score (nSPS) is 15.3. The number of hydrogen-bond donors (Lipinski definition) is 0. The molecule has 0 saturated heterocycles. The fraction of sp³-hybridized carbons (Fsp3) is 0.407. The maximum Gasteiger partial charge on any atom is 0.290 e. The predicted octanol–water partition coefficient (Wildman–Crippen LogP) is 4.40. The summed E-state index contributed by atoms with van der Waals surface area (Å²) in [6, 6.07) is 10.5. The van der Waals surface area contributed by atoms with E-state index < -0.39 is 6.04 Å². The van der Waals surface area contributed by atoms with E-state index in [1.165, 1.54) is 0 Å².